The van der Waals surface area contributed by atoms with E-state index >= 15 is 0 Å². The highest BCUT2D eigenvalue weighted by molar-refractivity contribution is 6.24. The highest BCUT2D eigenvalue weighted by Crippen LogP contribution is 2.35. The predicted octanol–water partition coefficient (Wildman–Crippen LogP) is 4.85. The van der Waals surface area contributed by atoms with Crippen LogP contribution in [0.5, 0.6) is 11.5 Å². The van der Waals surface area contributed by atoms with Crippen molar-refractivity contribution in [2.45, 2.75) is 26.9 Å². The lowest BCUT2D eigenvalue weighted by molar-refractivity contribution is -0.136. The molecule has 0 N–H and O–H groups in total. The number of allylic oxidation sites excluding steroid dienone is 1. The number of nitrogens with zero attached hydrogens (tertiary/aromatic N) is 1. The molecule has 2 aromatic rings. The third-order valence-corrected chi connectivity index (χ3v) is 4.28. The summed E-state index contributed by atoms with van der Waals surface area (Å²) in [5.74, 6) is 0.302. The van der Waals surface area contributed by atoms with E-state index in [0.29, 0.717) is 41.4 Å². The van der Waals surface area contributed by atoms with Crippen LogP contribution in [0, 0.1) is 5.82 Å². The third-order valence-electron chi connectivity index (χ3n) is 4.28. The number of carbonyl (C=O) groups excluding carboxylic acids is 1. The molecule has 0 saturated heterocycles. The summed E-state index contributed by atoms with van der Waals surface area (Å²) in [5.41, 5.74) is 3.22. The van der Waals surface area contributed by atoms with E-state index in [0.717, 1.165) is 11.1 Å². The molecule has 0 amide bonds. The van der Waals surface area contributed by atoms with Crippen LogP contribution in [0.1, 0.15) is 30.5 Å². The van der Waals surface area contributed by atoms with Crippen LogP contribution in [0.4, 0.5) is 4.39 Å². The second kappa shape index (κ2) is 9.19. The smallest absolute Gasteiger partial charge is 0.367 e. The number of oxime groups is 1. The predicted molar refractivity (Wildman–Crippen MR) is 109 cm³/mol. The molecule has 29 heavy (non-hydrogen) atoms. The molecule has 0 fully saturated rings. The van der Waals surface area contributed by atoms with E-state index in [-0.39, 0.29) is 12.4 Å². The van der Waals surface area contributed by atoms with E-state index in [1.54, 1.807) is 37.3 Å². The minimum atomic E-state index is -0.489. The summed E-state index contributed by atoms with van der Waals surface area (Å²) >= 11 is 0. The number of hydrogen-bond acceptors (Lipinski definition) is 5. The Labute approximate surface area is 169 Å². The molecule has 0 spiro atoms. The molecular formula is C23H22FNO4. The molecule has 0 aromatic heterocycles. The van der Waals surface area contributed by atoms with Gasteiger partial charge in [0.2, 0.25) is 0 Å². The van der Waals surface area contributed by atoms with Gasteiger partial charge < -0.3 is 14.3 Å². The molecule has 0 bridgehead atoms. The van der Waals surface area contributed by atoms with Crippen LogP contribution in [-0.2, 0) is 22.7 Å². The van der Waals surface area contributed by atoms with Crippen molar-refractivity contribution in [2.24, 2.45) is 5.16 Å². The fraction of sp³-hybridized carbons (Fsp3) is 0.217. The van der Waals surface area contributed by atoms with Crippen LogP contribution in [0.25, 0.3) is 6.08 Å². The van der Waals surface area contributed by atoms with E-state index in [2.05, 4.69) is 11.7 Å². The van der Waals surface area contributed by atoms with Crippen LogP contribution >= 0.6 is 0 Å². The van der Waals surface area contributed by atoms with E-state index < -0.39 is 5.97 Å². The van der Waals surface area contributed by atoms with Crippen molar-refractivity contribution in [3.8, 4) is 11.5 Å². The highest BCUT2D eigenvalue weighted by atomic mass is 19.1. The van der Waals surface area contributed by atoms with Crippen molar-refractivity contribution >= 4 is 17.8 Å². The summed E-state index contributed by atoms with van der Waals surface area (Å²) < 4.78 is 25.2. The highest BCUT2D eigenvalue weighted by Gasteiger charge is 2.22. The van der Waals surface area contributed by atoms with Gasteiger partial charge in [-0.05, 0) is 61.7 Å². The van der Waals surface area contributed by atoms with Crippen molar-refractivity contribution in [3.63, 3.8) is 0 Å². The van der Waals surface area contributed by atoms with Crippen LogP contribution in [0.3, 0.4) is 0 Å². The zero-order valence-corrected chi connectivity index (χ0v) is 16.4. The summed E-state index contributed by atoms with van der Waals surface area (Å²) in [4.78, 5) is 16.6. The van der Waals surface area contributed by atoms with Gasteiger partial charge in [-0.2, -0.15) is 0 Å². The minimum Gasteiger partial charge on any atom is -0.490 e. The maximum absolute atomic E-state index is 13.5. The third kappa shape index (κ3) is 4.90. The zero-order valence-electron chi connectivity index (χ0n) is 16.4. The van der Waals surface area contributed by atoms with Crippen molar-refractivity contribution in [1.29, 1.82) is 0 Å². The zero-order chi connectivity index (χ0) is 20.8. The van der Waals surface area contributed by atoms with Crippen LogP contribution in [-0.4, -0.2) is 18.3 Å². The molecule has 1 aliphatic rings. The van der Waals surface area contributed by atoms with E-state index in [4.69, 9.17) is 14.3 Å². The van der Waals surface area contributed by atoms with Gasteiger partial charge in [-0.15, -0.1) is 6.58 Å². The van der Waals surface area contributed by atoms with Crippen LogP contribution in [0.2, 0.25) is 0 Å². The molecule has 0 radical (unpaired) electrons. The number of hydrogen-bond donors (Lipinski definition) is 0. The Bertz CT molecular complexity index is 994. The monoisotopic (exact) mass is 395 g/mol. The van der Waals surface area contributed by atoms with E-state index in [1.165, 1.54) is 12.1 Å². The Morgan fingerprint density at radius 1 is 1.24 bits per heavy atom. The molecule has 150 valence electrons. The van der Waals surface area contributed by atoms with E-state index in [1.807, 2.05) is 13.0 Å². The van der Waals surface area contributed by atoms with Crippen molar-refractivity contribution < 1.29 is 23.5 Å². The maximum Gasteiger partial charge on any atom is 0.367 e. The number of benzene rings is 2. The van der Waals surface area contributed by atoms with Gasteiger partial charge in [-0.3, -0.25) is 0 Å². The molecule has 0 atom stereocenters. The number of ether oxygens (including phenoxy) is 2. The molecular weight excluding hydrogens is 373 g/mol. The van der Waals surface area contributed by atoms with Gasteiger partial charge in [-0.25, -0.2) is 9.18 Å². The van der Waals surface area contributed by atoms with Crippen molar-refractivity contribution in [1.82, 2.24) is 0 Å². The number of halogens is 1. The first-order valence-electron chi connectivity index (χ1n) is 9.27. The molecule has 0 saturated carbocycles. The lowest BCUT2D eigenvalue weighted by atomic mass is 10.0. The lowest BCUT2D eigenvalue weighted by Crippen LogP contribution is -2.05. The van der Waals surface area contributed by atoms with E-state index in [9.17, 15) is 9.18 Å². The first-order valence-corrected chi connectivity index (χ1v) is 9.27. The van der Waals surface area contributed by atoms with Crippen molar-refractivity contribution in [3.05, 3.63) is 77.1 Å². The Morgan fingerprint density at radius 3 is 2.72 bits per heavy atom. The minimum absolute atomic E-state index is 0.195. The van der Waals surface area contributed by atoms with Crippen LogP contribution < -0.4 is 9.47 Å². The lowest BCUT2D eigenvalue weighted by Gasteiger charge is -2.17. The largest absolute Gasteiger partial charge is 0.490 e. The molecule has 6 heteroatoms. The summed E-state index contributed by atoms with van der Waals surface area (Å²) in [7, 11) is 0. The Hall–Kier alpha value is -3.41. The standard InChI is InChI=1S/C23H22FNO4/c1-4-7-18-10-17(12-20-15(3)25-29-23(20)26)13-21(27-5-2)22(18)28-14-16-8-6-9-19(24)11-16/h4,6,8-13H,1,5,7,14H2,2-3H3/b20-12-. The fourth-order valence-electron chi connectivity index (χ4n) is 2.97. The Balaban J connectivity index is 1.98. The quantitative estimate of drug-likeness (QED) is 0.364. The molecule has 3 rings (SSSR count). The summed E-state index contributed by atoms with van der Waals surface area (Å²) in [6, 6.07) is 9.95. The van der Waals surface area contributed by atoms with Crippen LogP contribution in [0.15, 0.2) is 59.8 Å². The SMILES string of the molecule is C=CCc1cc(/C=C2\C(=O)ON=C2C)cc(OCC)c1OCc1cccc(F)c1. The van der Waals surface area contributed by atoms with Crippen molar-refractivity contribution in [2.75, 3.05) is 6.61 Å². The average Bonchev–Trinajstić information content (AvgIpc) is 3.00. The topological polar surface area (TPSA) is 57.1 Å². The Kier molecular flexibility index (Phi) is 6.44. The second-order valence-electron chi connectivity index (χ2n) is 6.47. The Morgan fingerprint density at radius 2 is 2.07 bits per heavy atom. The molecule has 0 aliphatic carbocycles. The van der Waals surface area contributed by atoms with Gasteiger partial charge in [0.15, 0.2) is 11.5 Å². The first-order chi connectivity index (χ1) is 14.0. The number of carbonyl (C=O) groups is 1. The fourth-order valence-corrected chi connectivity index (χ4v) is 2.97. The first kappa shape index (κ1) is 20.3. The summed E-state index contributed by atoms with van der Waals surface area (Å²) in [6.45, 7) is 8.02. The average molecular weight is 395 g/mol. The van der Waals surface area contributed by atoms with Gasteiger partial charge in [-0.1, -0.05) is 23.4 Å². The van der Waals surface area contributed by atoms with Gasteiger partial charge in [0.1, 0.15) is 12.4 Å². The normalized spacial score (nSPS) is 14.5. The van der Waals surface area contributed by atoms with Gasteiger partial charge in [0.05, 0.1) is 17.9 Å². The summed E-state index contributed by atoms with van der Waals surface area (Å²) in [6.07, 6.45) is 4.00. The maximum atomic E-state index is 13.5. The molecule has 5 nitrogen and oxygen atoms in total. The molecule has 2 aromatic carbocycles. The molecule has 0 unspecified atom stereocenters. The second-order valence-corrected chi connectivity index (χ2v) is 6.47. The molecule has 1 heterocycles. The van der Waals surface area contributed by atoms with Gasteiger partial charge in [0.25, 0.3) is 0 Å². The molecule has 1 aliphatic heterocycles. The van der Waals surface area contributed by atoms with Gasteiger partial charge in [0, 0.05) is 5.56 Å². The number of rotatable bonds is 8. The summed E-state index contributed by atoms with van der Waals surface area (Å²) in [5, 5.41) is 3.70. The van der Waals surface area contributed by atoms with Gasteiger partial charge >= 0.3 is 5.97 Å².